The molecule has 2 amide bonds. The lowest BCUT2D eigenvalue weighted by Crippen LogP contribution is -2.34. The zero-order valence-electron chi connectivity index (χ0n) is 17.0. The van der Waals surface area contributed by atoms with Crippen LogP contribution in [0.2, 0.25) is 0 Å². The van der Waals surface area contributed by atoms with E-state index in [1.807, 2.05) is 20.8 Å². The lowest BCUT2D eigenvalue weighted by Gasteiger charge is -2.19. The Morgan fingerprint density at radius 3 is 2.31 bits per heavy atom. The molecule has 2 aromatic rings. The molecule has 2 rings (SSSR count). The number of benzene rings is 2. The first-order valence-electron chi connectivity index (χ1n) is 9.73. The van der Waals surface area contributed by atoms with Crippen molar-refractivity contribution >= 4 is 34.8 Å². The Hall–Kier alpha value is -2.93. The summed E-state index contributed by atoms with van der Waals surface area (Å²) in [6.45, 7) is 7.83. The number of ether oxygens (including phenoxy) is 1. The van der Waals surface area contributed by atoms with Gasteiger partial charge >= 0.3 is 0 Å². The third-order valence-electron chi connectivity index (χ3n) is 4.23. The van der Waals surface area contributed by atoms with Gasteiger partial charge in [-0.2, -0.15) is 0 Å². The molecule has 0 spiro atoms. The third-order valence-corrected chi connectivity index (χ3v) is 4.44. The van der Waals surface area contributed by atoms with Crippen LogP contribution in [0.4, 0.5) is 5.69 Å². The van der Waals surface area contributed by atoms with E-state index >= 15 is 0 Å². The van der Waals surface area contributed by atoms with Crippen LogP contribution in [0.25, 0.3) is 0 Å². The average molecular weight is 414 g/mol. The SMILES string of the molecule is CCCOc1ccc(C(=O)NC(=S)Nc2cccc(C(=O)N(CC)CC)c2)cc1. The summed E-state index contributed by atoms with van der Waals surface area (Å²) in [6.07, 6.45) is 0.921. The van der Waals surface area contributed by atoms with E-state index < -0.39 is 0 Å². The molecule has 0 fully saturated rings. The van der Waals surface area contributed by atoms with E-state index in [9.17, 15) is 9.59 Å². The van der Waals surface area contributed by atoms with Crippen molar-refractivity contribution in [2.45, 2.75) is 27.2 Å². The molecule has 0 heterocycles. The maximum Gasteiger partial charge on any atom is 0.257 e. The van der Waals surface area contributed by atoms with E-state index in [1.54, 1.807) is 53.4 Å². The Morgan fingerprint density at radius 2 is 1.69 bits per heavy atom. The summed E-state index contributed by atoms with van der Waals surface area (Å²) in [5.41, 5.74) is 1.68. The molecule has 7 heteroatoms. The zero-order chi connectivity index (χ0) is 21.2. The second kappa shape index (κ2) is 11.2. The molecule has 0 aliphatic heterocycles. The molecule has 2 N–H and O–H groups in total. The van der Waals surface area contributed by atoms with Gasteiger partial charge in [-0.3, -0.25) is 14.9 Å². The van der Waals surface area contributed by atoms with Crippen molar-refractivity contribution < 1.29 is 14.3 Å². The maximum absolute atomic E-state index is 12.5. The van der Waals surface area contributed by atoms with Gasteiger partial charge < -0.3 is 15.0 Å². The molecular formula is C22H27N3O3S. The van der Waals surface area contributed by atoms with E-state index in [-0.39, 0.29) is 16.9 Å². The predicted octanol–water partition coefficient (Wildman–Crippen LogP) is 4.08. The van der Waals surface area contributed by atoms with Gasteiger partial charge in [-0.05, 0) is 75.0 Å². The smallest absolute Gasteiger partial charge is 0.257 e. The van der Waals surface area contributed by atoms with E-state index in [0.29, 0.717) is 36.5 Å². The van der Waals surface area contributed by atoms with Crippen LogP contribution in [0.3, 0.4) is 0 Å². The van der Waals surface area contributed by atoms with Gasteiger partial charge in [0, 0.05) is 29.9 Å². The summed E-state index contributed by atoms with van der Waals surface area (Å²) in [5, 5.41) is 5.76. The normalized spacial score (nSPS) is 10.2. The summed E-state index contributed by atoms with van der Waals surface area (Å²) in [5.74, 6) is 0.359. The number of carbonyl (C=O) groups excluding carboxylic acids is 2. The van der Waals surface area contributed by atoms with Gasteiger partial charge in [0.15, 0.2) is 5.11 Å². The number of hydrogen-bond donors (Lipinski definition) is 2. The largest absolute Gasteiger partial charge is 0.494 e. The zero-order valence-corrected chi connectivity index (χ0v) is 17.8. The average Bonchev–Trinajstić information content (AvgIpc) is 2.73. The van der Waals surface area contributed by atoms with Gasteiger partial charge in [0.1, 0.15) is 5.75 Å². The first-order valence-corrected chi connectivity index (χ1v) is 10.1. The molecule has 2 aromatic carbocycles. The molecule has 0 aromatic heterocycles. The minimum atomic E-state index is -0.320. The summed E-state index contributed by atoms with van der Waals surface area (Å²) in [7, 11) is 0. The standard InChI is InChI=1S/C22H27N3O3S/c1-4-14-28-19-12-10-16(11-13-19)20(26)24-22(29)23-18-9-7-8-17(15-18)21(27)25(5-2)6-3/h7-13,15H,4-6,14H2,1-3H3,(H2,23,24,26,29). The lowest BCUT2D eigenvalue weighted by molar-refractivity contribution is 0.0772. The molecule has 0 saturated carbocycles. The number of hydrogen-bond acceptors (Lipinski definition) is 4. The van der Waals surface area contributed by atoms with E-state index in [0.717, 1.165) is 12.2 Å². The summed E-state index contributed by atoms with van der Waals surface area (Å²) in [4.78, 5) is 26.6. The molecule has 0 atom stereocenters. The monoisotopic (exact) mass is 413 g/mol. The summed E-state index contributed by atoms with van der Waals surface area (Å²) >= 11 is 5.24. The molecule has 0 radical (unpaired) electrons. The minimum absolute atomic E-state index is 0.0426. The van der Waals surface area contributed by atoms with Crippen LogP contribution in [0.5, 0.6) is 5.75 Å². The van der Waals surface area contributed by atoms with E-state index in [4.69, 9.17) is 17.0 Å². The van der Waals surface area contributed by atoms with E-state index in [2.05, 4.69) is 10.6 Å². The molecule has 154 valence electrons. The first kappa shape index (κ1) is 22.4. The highest BCUT2D eigenvalue weighted by Gasteiger charge is 2.13. The number of anilines is 1. The minimum Gasteiger partial charge on any atom is -0.494 e. The summed E-state index contributed by atoms with van der Waals surface area (Å²) in [6, 6.07) is 13.9. The second-order valence-corrected chi connectivity index (χ2v) is 6.75. The third kappa shape index (κ3) is 6.57. The van der Waals surface area contributed by atoms with Crippen LogP contribution in [0.1, 0.15) is 47.9 Å². The number of carbonyl (C=O) groups is 2. The number of thiocarbonyl (C=S) groups is 1. The summed E-state index contributed by atoms with van der Waals surface area (Å²) < 4.78 is 5.51. The fourth-order valence-electron chi connectivity index (χ4n) is 2.68. The predicted molar refractivity (Wildman–Crippen MR) is 120 cm³/mol. The fourth-order valence-corrected chi connectivity index (χ4v) is 2.89. The Morgan fingerprint density at radius 1 is 1.00 bits per heavy atom. The van der Waals surface area contributed by atoms with Crippen LogP contribution in [0.15, 0.2) is 48.5 Å². The number of rotatable bonds is 8. The molecule has 6 nitrogen and oxygen atoms in total. The van der Waals surface area contributed by atoms with Gasteiger partial charge in [-0.15, -0.1) is 0 Å². The van der Waals surface area contributed by atoms with Gasteiger partial charge in [-0.1, -0.05) is 13.0 Å². The van der Waals surface area contributed by atoms with Gasteiger partial charge in [0.25, 0.3) is 11.8 Å². The Labute approximate surface area is 177 Å². The highest BCUT2D eigenvalue weighted by Crippen LogP contribution is 2.14. The highest BCUT2D eigenvalue weighted by molar-refractivity contribution is 7.80. The van der Waals surface area contributed by atoms with Crippen LogP contribution in [-0.4, -0.2) is 41.5 Å². The Kier molecular flexibility index (Phi) is 8.61. The molecule has 0 saturated heterocycles. The van der Waals surface area contributed by atoms with Crippen molar-refractivity contribution in [2.75, 3.05) is 25.0 Å². The van der Waals surface area contributed by atoms with Crippen molar-refractivity contribution in [1.29, 1.82) is 0 Å². The van der Waals surface area contributed by atoms with E-state index in [1.165, 1.54) is 0 Å². The fraction of sp³-hybridized carbons (Fsp3) is 0.318. The van der Waals surface area contributed by atoms with Crippen LogP contribution >= 0.6 is 12.2 Å². The molecule has 0 aliphatic carbocycles. The van der Waals surface area contributed by atoms with Crippen molar-refractivity contribution in [1.82, 2.24) is 10.2 Å². The number of nitrogens with zero attached hydrogens (tertiary/aromatic N) is 1. The van der Waals surface area contributed by atoms with Gasteiger partial charge in [-0.25, -0.2) is 0 Å². The second-order valence-electron chi connectivity index (χ2n) is 6.34. The quantitative estimate of drug-likeness (QED) is 0.638. The molecule has 0 bridgehead atoms. The topological polar surface area (TPSA) is 70.7 Å². The van der Waals surface area contributed by atoms with Gasteiger partial charge in [0.2, 0.25) is 0 Å². The van der Waals surface area contributed by atoms with Crippen LogP contribution in [0, 0.1) is 0 Å². The Balaban J connectivity index is 1.97. The first-order chi connectivity index (χ1) is 14.0. The lowest BCUT2D eigenvalue weighted by atomic mass is 10.1. The number of nitrogens with one attached hydrogen (secondary N) is 2. The van der Waals surface area contributed by atoms with Crippen molar-refractivity contribution in [2.24, 2.45) is 0 Å². The van der Waals surface area contributed by atoms with Crippen molar-refractivity contribution in [3.05, 3.63) is 59.7 Å². The highest BCUT2D eigenvalue weighted by atomic mass is 32.1. The Bertz CT molecular complexity index is 849. The molecule has 0 unspecified atom stereocenters. The van der Waals surface area contributed by atoms with Crippen LogP contribution < -0.4 is 15.4 Å². The number of amides is 2. The molecule has 29 heavy (non-hydrogen) atoms. The maximum atomic E-state index is 12.5. The molecule has 0 aliphatic rings. The van der Waals surface area contributed by atoms with Crippen molar-refractivity contribution in [3.8, 4) is 5.75 Å². The van der Waals surface area contributed by atoms with Crippen molar-refractivity contribution in [3.63, 3.8) is 0 Å². The molecular weight excluding hydrogens is 386 g/mol. The van der Waals surface area contributed by atoms with Crippen LogP contribution in [-0.2, 0) is 0 Å². The van der Waals surface area contributed by atoms with Gasteiger partial charge in [0.05, 0.1) is 6.61 Å².